The predicted molar refractivity (Wildman–Crippen MR) is 91.8 cm³/mol. The first-order valence-electron chi connectivity index (χ1n) is 7.04. The molecule has 3 N–H and O–H groups in total. The Hall–Kier alpha value is -2.71. The number of carbonyl (C=O) groups excluding carboxylic acids is 2. The molecule has 0 aromatic heterocycles. The normalized spacial score (nSPS) is 10.9. The number of Topliss-reactive ketones (excluding diaryl/α,β-unsaturated/α-hetero) is 1. The van der Waals surface area contributed by atoms with Crippen molar-refractivity contribution >= 4 is 33.2 Å². The summed E-state index contributed by atoms with van der Waals surface area (Å²) in [6, 6.07) is 11.8. The van der Waals surface area contributed by atoms with Crippen molar-refractivity contribution in [1.29, 1.82) is 0 Å². The van der Waals surface area contributed by atoms with Gasteiger partial charge >= 0.3 is 6.03 Å². The van der Waals surface area contributed by atoms with Gasteiger partial charge in [-0.15, -0.1) is 0 Å². The molecule has 2 aromatic carbocycles. The molecule has 2 aromatic rings. The quantitative estimate of drug-likeness (QED) is 0.723. The molecule has 2 rings (SSSR count). The Kier molecular flexibility index (Phi) is 5.32. The number of carbonyl (C=O) groups is 2. The minimum absolute atomic E-state index is 0.0969. The maximum atomic E-state index is 12.0. The fourth-order valence-corrected chi connectivity index (χ4v) is 2.67. The van der Waals surface area contributed by atoms with E-state index in [4.69, 9.17) is 0 Å². The molecule has 0 atom stereocenters. The second kappa shape index (κ2) is 7.24. The number of sulfonamides is 1. The minimum atomic E-state index is -3.52. The van der Waals surface area contributed by atoms with Crippen LogP contribution in [-0.4, -0.2) is 27.3 Å². The molecule has 0 radical (unpaired) electrons. The summed E-state index contributed by atoms with van der Waals surface area (Å²) >= 11 is 0. The fraction of sp³-hybridized carbons (Fsp3) is 0.125. The third-order valence-corrected chi connectivity index (χ3v) is 4.65. The first-order valence-corrected chi connectivity index (χ1v) is 8.53. The third kappa shape index (κ3) is 4.40. The van der Waals surface area contributed by atoms with E-state index >= 15 is 0 Å². The summed E-state index contributed by atoms with van der Waals surface area (Å²) < 4.78 is 25.5. The number of amides is 2. The van der Waals surface area contributed by atoms with Gasteiger partial charge in [0.05, 0.1) is 4.90 Å². The maximum absolute atomic E-state index is 12.0. The van der Waals surface area contributed by atoms with Crippen LogP contribution in [0, 0.1) is 0 Å². The number of hydrogen-bond donors (Lipinski definition) is 3. The monoisotopic (exact) mass is 347 g/mol. The molecular weight excluding hydrogens is 330 g/mol. The van der Waals surface area contributed by atoms with Crippen molar-refractivity contribution < 1.29 is 18.0 Å². The molecule has 0 aliphatic rings. The SMILES string of the molecule is CNS(=O)(=O)c1ccc(NC(=O)Nc2cccc(C(C)=O)c2)cc1. The van der Waals surface area contributed by atoms with Gasteiger partial charge in [-0.05, 0) is 50.4 Å². The van der Waals surface area contributed by atoms with Crippen molar-refractivity contribution in [1.82, 2.24) is 4.72 Å². The summed E-state index contributed by atoms with van der Waals surface area (Å²) in [7, 11) is -2.19. The van der Waals surface area contributed by atoms with Crippen molar-refractivity contribution in [3.05, 3.63) is 54.1 Å². The van der Waals surface area contributed by atoms with Gasteiger partial charge < -0.3 is 10.6 Å². The van der Waals surface area contributed by atoms with Crippen LogP contribution < -0.4 is 15.4 Å². The van der Waals surface area contributed by atoms with Crippen LogP contribution >= 0.6 is 0 Å². The third-order valence-electron chi connectivity index (χ3n) is 3.22. The van der Waals surface area contributed by atoms with Crippen molar-refractivity contribution in [3.63, 3.8) is 0 Å². The zero-order valence-corrected chi connectivity index (χ0v) is 14.0. The maximum Gasteiger partial charge on any atom is 0.323 e. The molecule has 0 aliphatic carbocycles. The molecule has 0 fully saturated rings. The van der Waals surface area contributed by atoms with Gasteiger partial charge in [0.25, 0.3) is 0 Å². The zero-order valence-electron chi connectivity index (χ0n) is 13.2. The van der Waals surface area contributed by atoms with E-state index in [2.05, 4.69) is 15.4 Å². The second-order valence-electron chi connectivity index (χ2n) is 4.95. The van der Waals surface area contributed by atoms with Crippen LogP contribution in [-0.2, 0) is 10.0 Å². The first-order chi connectivity index (χ1) is 11.3. The Labute approximate surface area is 140 Å². The van der Waals surface area contributed by atoms with Gasteiger partial charge in [0.2, 0.25) is 10.0 Å². The van der Waals surface area contributed by atoms with E-state index in [1.807, 2.05) is 0 Å². The van der Waals surface area contributed by atoms with E-state index in [1.165, 1.54) is 38.2 Å². The second-order valence-corrected chi connectivity index (χ2v) is 6.83. The van der Waals surface area contributed by atoms with Crippen LogP contribution in [0.1, 0.15) is 17.3 Å². The van der Waals surface area contributed by atoms with Gasteiger partial charge in [-0.1, -0.05) is 12.1 Å². The van der Waals surface area contributed by atoms with Gasteiger partial charge in [0.1, 0.15) is 0 Å². The number of benzene rings is 2. The van der Waals surface area contributed by atoms with Crippen LogP contribution in [0.5, 0.6) is 0 Å². The minimum Gasteiger partial charge on any atom is -0.308 e. The highest BCUT2D eigenvalue weighted by Gasteiger charge is 2.11. The number of rotatable bonds is 5. The summed E-state index contributed by atoms with van der Waals surface area (Å²) in [4.78, 5) is 23.4. The van der Waals surface area contributed by atoms with Gasteiger partial charge in [-0.2, -0.15) is 0 Å². The Morgan fingerprint density at radius 1 is 0.917 bits per heavy atom. The molecule has 0 saturated heterocycles. The van der Waals surface area contributed by atoms with Crippen LogP contribution in [0.4, 0.5) is 16.2 Å². The fourth-order valence-electron chi connectivity index (χ4n) is 1.94. The Morgan fingerprint density at radius 3 is 2.12 bits per heavy atom. The largest absolute Gasteiger partial charge is 0.323 e. The number of anilines is 2. The van der Waals surface area contributed by atoms with Crippen LogP contribution in [0.2, 0.25) is 0 Å². The van der Waals surface area contributed by atoms with E-state index < -0.39 is 16.1 Å². The lowest BCUT2D eigenvalue weighted by Crippen LogP contribution is -2.20. The standard InChI is InChI=1S/C16H17N3O4S/c1-11(20)12-4-3-5-14(10-12)19-16(21)18-13-6-8-15(9-7-13)24(22,23)17-2/h3-10,17H,1-2H3,(H2,18,19,21). The lowest BCUT2D eigenvalue weighted by molar-refractivity contribution is 0.101. The number of ketones is 1. The van der Waals surface area contributed by atoms with E-state index in [0.29, 0.717) is 16.9 Å². The molecule has 0 spiro atoms. The summed E-state index contributed by atoms with van der Waals surface area (Å²) in [6.07, 6.45) is 0. The Bertz CT molecular complexity index is 861. The van der Waals surface area contributed by atoms with Crippen molar-refractivity contribution in [2.24, 2.45) is 0 Å². The summed E-state index contributed by atoms with van der Waals surface area (Å²) in [5, 5.41) is 5.19. The first kappa shape index (κ1) is 17.6. The molecular formula is C16H17N3O4S. The van der Waals surface area contributed by atoms with E-state index in [-0.39, 0.29) is 10.7 Å². The molecule has 0 saturated carbocycles. The smallest absolute Gasteiger partial charge is 0.308 e. The summed E-state index contributed by atoms with van der Waals surface area (Å²) in [5.74, 6) is -0.0969. The van der Waals surface area contributed by atoms with Gasteiger partial charge in [0, 0.05) is 16.9 Å². The van der Waals surface area contributed by atoms with Gasteiger partial charge in [-0.25, -0.2) is 17.9 Å². The van der Waals surface area contributed by atoms with Crippen molar-refractivity contribution in [2.45, 2.75) is 11.8 Å². The highest BCUT2D eigenvalue weighted by molar-refractivity contribution is 7.89. The number of hydrogen-bond acceptors (Lipinski definition) is 4. The van der Waals surface area contributed by atoms with Crippen LogP contribution in [0.15, 0.2) is 53.4 Å². The molecule has 2 amide bonds. The van der Waals surface area contributed by atoms with Gasteiger partial charge in [0.15, 0.2) is 5.78 Å². The Morgan fingerprint density at radius 2 is 1.54 bits per heavy atom. The molecule has 7 nitrogen and oxygen atoms in total. The molecule has 0 aliphatic heterocycles. The van der Waals surface area contributed by atoms with E-state index in [1.54, 1.807) is 24.3 Å². The summed E-state index contributed by atoms with van der Waals surface area (Å²) in [5.41, 5.74) is 1.41. The summed E-state index contributed by atoms with van der Waals surface area (Å²) in [6.45, 7) is 1.44. The van der Waals surface area contributed by atoms with Crippen LogP contribution in [0.25, 0.3) is 0 Å². The molecule has 24 heavy (non-hydrogen) atoms. The van der Waals surface area contributed by atoms with Gasteiger partial charge in [-0.3, -0.25) is 4.79 Å². The Balaban J connectivity index is 2.05. The topological polar surface area (TPSA) is 104 Å². The average molecular weight is 347 g/mol. The number of urea groups is 1. The molecule has 0 bridgehead atoms. The zero-order chi connectivity index (χ0) is 17.7. The molecule has 0 unspecified atom stereocenters. The lowest BCUT2D eigenvalue weighted by atomic mass is 10.1. The molecule has 8 heteroatoms. The lowest BCUT2D eigenvalue weighted by Gasteiger charge is -2.09. The average Bonchev–Trinajstić information content (AvgIpc) is 2.55. The number of nitrogens with one attached hydrogen (secondary N) is 3. The van der Waals surface area contributed by atoms with E-state index in [9.17, 15) is 18.0 Å². The molecule has 126 valence electrons. The molecule has 0 heterocycles. The van der Waals surface area contributed by atoms with E-state index in [0.717, 1.165) is 0 Å². The van der Waals surface area contributed by atoms with Crippen LogP contribution in [0.3, 0.4) is 0 Å². The highest BCUT2D eigenvalue weighted by atomic mass is 32.2. The predicted octanol–water partition coefficient (Wildman–Crippen LogP) is 2.44. The highest BCUT2D eigenvalue weighted by Crippen LogP contribution is 2.15. The van der Waals surface area contributed by atoms with Crippen molar-refractivity contribution in [2.75, 3.05) is 17.7 Å². The van der Waals surface area contributed by atoms with Crippen molar-refractivity contribution in [3.8, 4) is 0 Å².